The van der Waals surface area contributed by atoms with E-state index in [1.165, 1.54) is 0 Å². The Kier molecular flexibility index (Phi) is 2.99. The van der Waals surface area contributed by atoms with Crippen LogP contribution in [0, 0.1) is 0 Å². The summed E-state index contributed by atoms with van der Waals surface area (Å²) in [6.07, 6.45) is 3.04. The standard InChI is InChI=1S/C8H10O4/c9-6(3-4-8(10)11)7-2-1-5-12-7/h3-4,7H,1-2,5H2,(H,10,11). The minimum absolute atomic E-state index is 0.255. The largest absolute Gasteiger partial charge is 0.478 e. The van der Waals surface area contributed by atoms with Crippen LogP contribution in [0.5, 0.6) is 0 Å². The first-order chi connectivity index (χ1) is 5.70. The first kappa shape index (κ1) is 8.93. The van der Waals surface area contributed by atoms with Gasteiger partial charge in [0.1, 0.15) is 6.10 Å². The predicted octanol–water partition coefficient (Wildman–Crippen LogP) is 0.375. The Morgan fingerprint density at radius 3 is 2.67 bits per heavy atom. The highest BCUT2D eigenvalue weighted by atomic mass is 16.5. The molecule has 1 heterocycles. The van der Waals surface area contributed by atoms with E-state index in [2.05, 4.69) is 0 Å². The van der Waals surface area contributed by atoms with Crippen molar-refractivity contribution in [3.63, 3.8) is 0 Å². The van der Waals surface area contributed by atoms with Crippen LogP contribution in [0.3, 0.4) is 0 Å². The molecule has 0 aromatic heterocycles. The van der Waals surface area contributed by atoms with E-state index in [4.69, 9.17) is 9.84 Å². The van der Waals surface area contributed by atoms with Gasteiger partial charge in [-0.3, -0.25) is 4.79 Å². The van der Waals surface area contributed by atoms with E-state index >= 15 is 0 Å². The number of rotatable bonds is 3. The third-order valence-electron chi connectivity index (χ3n) is 1.64. The zero-order chi connectivity index (χ0) is 8.97. The number of aliphatic carboxylic acids is 1. The fourth-order valence-electron chi connectivity index (χ4n) is 1.06. The van der Waals surface area contributed by atoms with E-state index in [1.807, 2.05) is 0 Å². The second-order valence-corrected chi connectivity index (χ2v) is 2.58. The lowest BCUT2D eigenvalue weighted by atomic mass is 10.1. The van der Waals surface area contributed by atoms with Crippen molar-refractivity contribution in [1.82, 2.24) is 0 Å². The number of hydrogen-bond donors (Lipinski definition) is 1. The van der Waals surface area contributed by atoms with Crippen molar-refractivity contribution < 1.29 is 19.4 Å². The van der Waals surface area contributed by atoms with E-state index in [-0.39, 0.29) is 5.78 Å². The maximum absolute atomic E-state index is 11.1. The van der Waals surface area contributed by atoms with Crippen LogP contribution in [0.2, 0.25) is 0 Å². The zero-order valence-corrected chi connectivity index (χ0v) is 6.53. The number of carbonyl (C=O) groups is 2. The lowest BCUT2D eigenvalue weighted by Gasteiger charge is -2.02. The number of hydrogen-bond acceptors (Lipinski definition) is 3. The molecule has 0 aliphatic carbocycles. The lowest BCUT2D eigenvalue weighted by Crippen LogP contribution is -2.16. The van der Waals surface area contributed by atoms with Crippen molar-refractivity contribution in [3.05, 3.63) is 12.2 Å². The summed E-state index contributed by atoms with van der Waals surface area (Å²) in [7, 11) is 0. The normalized spacial score (nSPS) is 23.2. The minimum atomic E-state index is -1.11. The van der Waals surface area contributed by atoms with Crippen LogP contribution < -0.4 is 0 Å². The molecule has 1 aliphatic rings. The van der Waals surface area contributed by atoms with E-state index in [1.54, 1.807) is 0 Å². The Labute approximate surface area is 69.8 Å². The first-order valence-corrected chi connectivity index (χ1v) is 3.76. The van der Waals surface area contributed by atoms with E-state index in [0.717, 1.165) is 18.6 Å². The van der Waals surface area contributed by atoms with Gasteiger partial charge in [0, 0.05) is 12.7 Å². The van der Waals surface area contributed by atoms with Crippen molar-refractivity contribution >= 4 is 11.8 Å². The summed E-state index contributed by atoms with van der Waals surface area (Å²) in [4.78, 5) is 21.1. The van der Waals surface area contributed by atoms with Crippen LogP contribution in [0.1, 0.15) is 12.8 Å². The van der Waals surface area contributed by atoms with Gasteiger partial charge in [-0.25, -0.2) is 4.79 Å². The highest BCUT2D eigenvalue weighted by Gasteiger charge is 2.21. The Hall–Kier alpha value is -1.16. The smallest absolute Gasteiger partial charge is 0.328 e. The molecule has 0 spiro atoms. The fraction of sp³-hybridized carbons (Fsp3) is 0.500. The third-order valence-corrected chi connectivity index (χ3v) is 1.64. The SMILES string of the molecule is O=C(O)C=CC(=O)C1CCCO1. The summed E-state index contributed by atoms with van der Waals surface area (Å²) in [5.41, 5.74) is 0. The van der Waals surface area contributed by atoms with Crippen LogP contribution in [0.4, 0.5) is 0 Å². The Balaban J connectivity index is 2.42. The average Bonchev–Trinajstić information content (AvgIpc) is 2.51. The molecular weight excluding hydrogens is 160 g/mol. The van der Waals surface area contributed by atoms with Gasteiger partial charge in [-0.05, 0) is 18.9 Å². The monoisotopic (exact) mass is 170 g/mol. The van der Waals surface area contributed by atoms with Crippen LogP contribution >= 0.6 is 0 Å². The van der Waals surface area contributed by atoms with E-state index < -0.39 is 12.1 Å². The maximum atomic E-state index is 11.1. The molecule has 0 aromatic rings. The first-order valence-electron chi connectivity index (χ1n) is 3.76. The molecule has 1 aliphatic heterocycles. The highest BCUT2D eigenvalue weighted by Crippen LogP contribution is 2.12. The molecule has 0 radical (unpaired) electrons. The van der Waals surface area contributed by atoms with Crippen molar-refractivity contribution in [2.24, 2.45) is 0 Å². The number of carboxylic acids is 1. The van der Waals surface area contributed by atoms with Crippen LogP contribution in [0.15, 0.2) is 12.2 Å². The Bertz CT molecular complexity index is 213. The number of carbonyl (C=O) groups excluding carboxylic acids is 1. The fourth-order valence-corrected chi connectivity index (χ4v) is 1.06. The summed E-state index contributed by atoms with van der Waals surface area (Å²) in [5, 5.41) is 8.23. The molecule has 1 N–H and O–H groups in total. The number of ether oxygens (including phenoxy) is 1. The Morgan fingerprint density at radius 2 is 2.17 bits per heavy atom. The Morgan fingerprint density at radius 1 is 1.42 bits per heavy atom. The summed E-state index contributed by atoms with van der Waals surface area (Å²) in [6.45, 7) is 0.595. The summed E-state index contributed by atoms with van der Waals surface area (Å²) in [5.74, 6) is -1.36. The van der Waals surface area contributed by atoms with Crippen molar-refractivity contribution in [2.75, 3.05) is 6.61 Å². The molecule has 0 aromatic carbocycles. The topological polar surface area (TPSA) is 63.6 Å². The third kappa shape index (κ3) is 2.47. The minimum Gasteiger partial charge on any atom is -0.478 e. The second kappa shape index (κ2) is 4.01. The quantitative estimate of drug-likeness (QED) is 0.622. The van der Waals surface area contributed by atoms with Gasteiger partial charge in [0.15, 0.2) is 5.78 Å². The van der Waals surface area contributed by atoms with E-state index in [9.17, 15) is 9.59 Å². The molecule has 0 bridgehead atoms. The van der Waals surface area contributed by atoms with Crippen molar-refractivity contribution in [1.29, 1.82) is 0 Å². The summed E-state index contributed by atoms with van der Waals surface area (Å²) in [6, 6.07) is 0. The number of ketones is 1. The molecule has 12 heavy (non-hydrogen) atoms. The maximum Gasteiger partial charge on any atom is 0.328 e. The molecule has 4 heteroatoms. The van der Waals surface area contributed by atoms with Gasteiger partial charge in [-0.2, -0.15) is 0 Å². The molecule has 66 valence electrons. The predicted molar refractivity (Wildman–Crippen MR) is 40.8 cm³/mol. The van der Waals surface area contributed by atoms with Crippen LogP contribution in [0.25, 0.3) is 0 Å². The zero-order valence-electron chi connectivity index (χ0n) is 6.53. The van der Waals surface area contributed by atoms with Gasteiger partial charge < -0.3 is 9.84 Å². The average molecular weight is 170 g/mol. The highest BCUT2D eigenvalue weighted by molar-refractivity contribution is 5.98. The molecule has 1 unspecified atom stereocenters. The van der Waals surface area contributed by atoms with Crippen LogP contribution in [-0.2, 0) is 14.3 Å². The second-order valence-electron chi connectivity index (χ2n) is 2.58. The molecule has 4 nitrogen and oxygen atoms in total. The molecule has 1 saturated heterocycles. The molecule has 0 saturated carbocycles. The molecule has 1 fully saturated rings. The van der Waals surface area contributed by atoms with Crippen molar-refractivity contribution in [2.45, 2.75) is 18.9 Å². The van der Waals surface area contributed by atoms with Gasteiger partial charge in [0.2, 0.25) is 0 Å². The molecule has 1 rings (SSSR count). The van der Waals surface area contributed by atoms with Gasteiger partial charge in [0.25, 0.3) is 0 Å². The molecule has 1 atom stereocenters. The lowest BCUT2D eigenvalue weighted by molar-refractivity contribution is -0.132. The van der Waals surface area contributed by atoms with Crippen LogP contribution in [-0.4, -0.2) is 29.6 Å². The molecular formula is C8H10O4. The number of carboxylic acid groups (broad SMARTS) is 1. The van der Waals surface area contributed by atoms with Gasteiger partial charge >= 0.3 is 5.97 Å². The van der Waals surface area contributed by atoms with Crippen molar-refractivity contribution in [3.8, 4) is 0 Å². The van der Waals surface area contributed by atoms with Gasteiger partial charge in [0.05, 0.1) is 0 Å². The van der Waals surface area contributed by atoms with E-state index in [0.29, 0.717) is 13.0 Å². The van der Waals surface area contributed by atoms with Gasteiger partial charge in [-0.15, -0.1) is 0 Å². The summed E-state index contributed by atoms with van der Waals surface area (Å²) >= 11 is 0. The summed E-state index contributed by atoms with van der Waals surface area (Å²) < 4.78 is 5.05. The molecule has 0 amide bonds. The van der Waals surface area contributed by atoms with Gasteiger partial charge in [-0.1, -0.05) is 0 Å².